The van der Waals surface area contributed by atoms with E-state index in [1.807, 2.05) is 6.92 Å². The maximum absolute atomic E-state index is 11.8. The van der Waals surface area contributed by atoms with Crippen LogP contribution in [-0.4, -0.2) is 34.6 Å². The predicted octanol–water partition coefficient (Wildman–Crippen LogP) is 0.131. The zero-order valence-electron chi connectivity index (χ0n) is 9.74. The Bertz CT molecular complexity index is 294. The quantitative estimate of drug-likeness (QED) is 0.486. The number of carbonyl (C=O) groups is 1. The van der Waals surface area contributed by atoms with Crippen molar-refractivity contribution in [3.05, 3.63) is 0 Å². The van der Waals surface area contributed by atoms with Gasteiger partial charge in [-0.05, 0) is 32.5 Å². The third-order valence-corrected chi connectivity index (χ3v) is 2.89. The maximum Gasteiger partial charge on any atom is 0.315 e. The Hall–Kier alpha value is -0.880. The van der Waals surface area contributed by atoms with E-state index in [0.29, 0.717) is 18.1 Å². The van der Waals surface area contributed by atoms with E-state index in [0.717, 1.165) is 0 Å². The normalized spacial score (nSPS) is 33.9. The molecule has 1 fully saturated rings. The lowest BCUT2D eigenvalue weighted by atomic mass is 9.86. The van der Waals surface area contributed by atoms with E-state index in [9.17, 15) is 9.90 Å². The molecule has 0 spiro atoms. The molecule has 3 N–H and O–H groups in total. The van der Waals surface area contributed by atoms with Crippen LogP contribution in [0.3, 0.4) is 0 Å². The minimum absolute atomic E-state index is 0.206. The second kappa shape index (κ2) is 4.97. The number of esters is 1. The van der Waals surface area contributed by atoms with Crippen molar-refractivity contribution in [1.29, 1.82) is 0 Å². The summed E-state index contributed by atoms with van der Waals surface area (Å²) in [4.78, 5) is 11.8. The van der Waals surface area contributed by atoms with Crippen LogP contribution in [0.5, 0.6) is 0 Å². The highest BCUT2D eigenvalue weighted by Crippen LogP contribution is 2.25. The molecule has 6 heteroatoms. The third-order valence-electron chi connectivity index (χ3n) is 2.67. The number of hydrogen-bond donors (Lipinski definition) is 3. The molecule has 0 bridgehead atoms. The van der Waals surface area contributed by atoms with Gasteiger partial charge in [-0.1, -0.05) is 6.92 Å². The van der Waals surface area contributed by atoms with Gasteiger partial charge in [0.2, 0.25) is 0 Å². The second-order valence-corrected chi connectivity index (χ2v) is 4.40. The summed E-state index contributed by atoms with van der Waals surface area (Å²) in [5.74, 6) is -1.08. The molecule has 16 heavy (non-hydrogen) atoms. The minimum atomic E-state index is -1.37. The van der Waals surface area contributed by atoms with Gasteiger partial charge in [0.15, 0.2) is 5.11 Å². The van der Waals surface area contributed by atoms with Gasteiger partial charge in [-0.2, -0.15) is 0 Å². The van der Waals surface area contributed by atoms with Crippen LogP contribution in [0.15, 0.2) is 0 Å². The molecule has 3 atom stereocenters. The van der Waals surface area contributed by atoms with E-state index < -0.39 is 17.6 Å². The standard InChI is InChI=1S/C10H18N2O3S/c1-4-6-7(8(13)15-5-2)10(3,14)12-9(16)11-6/h6-7,14H,4-5H2,1-3H3,(H2,11,12,16)/t6-,7+,10-/m1/s1. The average Bonchev–Trinajstić information content (AvgIpc) is 2.14. The summed E-state index contributed by atoms with van der Waals surface area (Å²) in [5.41, 5.74) is -1.37. The number of aliphatic hydroxyl groups is 1. The summed E-state index contributed by atoms with van der Waals surface area (Å²) >= 11 is 4.97. The highest BCUT2D eigenvalue weighted by Gasteiger charge is 2.47. The van der Waals surface area contributed by atoms with Crippen LogP contribution in [0.4, 0.5) is 0 Å². The first-order valence-electron chi connectivity index (χ1n) is 5.40. The van der Waals surface area contributed by atoms with Crippen molar-refractivity contribution >= 4 is 23.3 Å². The smallest absolute Gasteiger partial charge is 0.315 e. The van der Waals surface area contributed by atoms with Gasteiger partial charge in [-0.15, -0.1) is 0 Å². The average molecular weight is 246 g/mol. The zero-order chi connectivity index (χ0) is 12.3. The van der Waals surface area contributed by atoms with Crippen molar-refractivity contribution in [2.45, 2.75) is 39.0 Å². The van der Waals surface area contributed by atoms with Crippen LogP contribution in [0.1, 0.15) is 27.2 Å². The lowest BCUT2D eigenvalue weighted by molar-refractivity contribution is -0.162. The van der Waals surface area contributed by atoms with Gasteiger partial charge in [-0.25, -0.2) is 0 Å². The van der Waals surface area contributed by atoms with Crippen molar-refractivity contribution in [3.8, 4) is 0 Å². The second-order valence-electron chi connectivity index (χ2n) is 3.99. The lowest BCUT2D eigenvalue weighted by Crippen LogP contribution is -2.68. The van der Waals surface area contributed by atoms with Gasteiger partial charge < -0.3 is 20.5 Å². The Morgan fingerprint density at radius 3 is 2.75 bits per heavy atom. The van der Waals surface area contributed by atoms with Crippen molar-refractivity contribution in [3.63, 3.8) is 0 Å². The molecule has 0 unspecified atom stereocenters. The summed E-state index contributed by atoms with van der Waals surface area (Å²) in [6, 6.07) is -0.206. The van der Waals surface area contributed by atoms with Crippen LogP contribution in [-0.2, 0) is 9.53 Å². The molecule has 0 aliphatic carbocycles. The molecule has 1 heterocycles. The van der Waals surface area contributed by atoms with Crippen molar-refractivity contribution in [2.24, 2.45) is 5.92 Å². The van der Waals surface area contributed by atoms with E-state index >= 15 is 0 Å². The van der Waals surface area contributed by atoms with Crippen LogP contribution in [0.2, 0.25) is 0 Å². The molecule has 0 saturated carbocycles. The van der Waals surface area contributed by atoms with Gasteiger partial charge in [-0.3, -0.25) is 4.79 Å². The van der Waals surface area contributed by atoms with Gasteiger partial charge in [0.1, 0.15) is 11.6 Å². The minimum Gasteiger partial charge on any atom is -0.466 e. The van der Waals surface area contributed by atoms with Crippen LogP contribution in [0, 0.1) is 5.92 Å². The van der Waals surface area contributed by atoms with Crippen LogP contribution < -0.4 is 10.6 Å². The van der Waals surface area contributed by atoms with E-state index in [2.05, 4.69) is 10.6 Å². The monoisotopic (exact) mass is 246 g/mol. The zero-order valence-corrected chi connectivity index (χ0v) is 10.6. The van der Waals surface area contributed by atoms with Gasteiger partial charge >= 0.3 is 5.97 Å². The SMILES string of the molecule is CCOC(=O)[C@@H]1[C@@H](CC)NC(=S)N[C@]1(C)O. The molecule has 0 amide bonds. The Kier molecular flexibility index (Phi) is 4.09. The molecule has 1 saturated heterocycles. The molecule has 0 aromatic carbocycles. The summed E-state index contributed by atoms with van der Waals surface area (Å²) in [6.07, 6.45) is 0.682. The maximum atomic E-state index is 11.8. The fraction of sp³-hybridized carbons (Fsp3) is 0.800. The first-order valence-corrected chi connectivity index (χ1v) is 5.80. The largest absolute Gasteiger partial charge is 0.466 e. The van der Waals surface area contributed by atoms with E-state index in [1.165, 1.54) is 6.92 Å². The van der Waals surface area contributed by atoms with E-state index in [1.54, 1.807) is 6.92 Å². The number of ether oxygens (including phenoxy) is 1. The first-order chi connectivity index (χ1) is 7.42. The summed E-state index contributed by atoms with van der Waals surface area (Å²) in [6.45, 7) is 5.49. The predicted molar refractivity (Wildman–Crippen MR) is 63.7 cm³/mol. The lowest BCUT2D eigenvalue weighted by Gasteiger charge is -2.42. The first kappa shape index (κ1) is 13.2. The topological polar surface area (TPSA) is 70.6 Å². The van der Waals surface area contributed by atoms with Gasteiger partial charge in [0.05, 0.1) is 6.61 Å². The molecule has 1 rings (SSSR count). The number of rotatable bonds is 3. The Morgan fingerprint density at radius 1 is 1.62 bits per heavy atom. The molecule has 1 aliphatic rings. The number of carbonyl (C=O) groups excluding carboxylic acids is 1. The van der Waals surface area contributed by atoms with Crippen molar-refractivity contribution in [1.82, 2.24) is 10.6 Å². The molecule has 92 valence electrons. The molecule has 5 nitrogen and oxygen atoms in total. The fourth-order valence-corrected chi connectivity index (χ4v) is 2.31. The van der Waals surface area contributed by atoms with Crippen molar-refractivity contribution < 1.29 is 14.6 Å². The van der Waals surface area contributed by atoms with E-state index in [-0.39, 0.29) is 6.04 Å². The number of thiocarbonyl (C=S) groups is 1. The van der Waals surface area contributed by atoms with Gasteiger partial charge in [0, 0.05) is 6.04 Å². The molecule has 1 aliphatic heterocycles. The number of hydrogen-bond acceptors (Lipinski definition) is 4. The van der Waals surface area contributed by atoms with Crippen LogP contribution >= 0.6 is 12.2 Å². The summed E-state index contributed by atoms with van der Waals surface area (Å²) in [7, 11) is 0. The highest BCUT2D eigenvalue weighted by molar-refractivity contribution is 7.80. The Morgan fingerprint density at radius 2 is 2.25 bits per heavy atom. The number of nitrogens with one attached hydrogen (secondary N) is 2. The summed E-state index contributed by atoms with van der Waals surface area (Å²) < 4.78 is 4.96. The third kappa shape index (κ3) is 2.62. The summed E-state index contributed by atoms with van der Waals surface area (Å²) in [5, 5.41) is 16.2. The molecular formula is C10H18N2O3S. The molecule has 0 aromatic rings. The van der Waals surface area contributed by atoms with E-state index in [4.69, 9.17) is 17.0 Å². The van der Waals surface area contributed by atoms with Crippen LogP contribution in [0.25, 0.3) is 0 Å². The Labute approximate surface area is 101 Å². The van der Waals surface area contributed by atoms with Crippen molar-refractivity contribution in [2.75, 3.05) is 6.61 Å². The molecule has 0 aromatic heterocycles. The van der Waals surface area contributed by atoms with Gasteiger partial charge in [0.25, 0.3) is 0 Å². The highest BCUT2D eigenvalue weighted by atomic mass is 32.1. The fourth-order valence-electron chi connectivity index (χ4n) is 1.95. The molecule has 0 radical (unpaired) electrons. The Balaban J connectivity index is 2.90. The molecular weight excluding hydrogens is 228 g/mol.